The van der Waals surface area contributed by atoms with Gasteiger partial charge < -0.3 is 10.8 Å². The molecule has 4 N–H and O–H groups in total. The molecular weight excluding hydrogens is 152 g/mol. The van der Waals surface area contributed by atoms with E-state index in [1.165, 1.54) is 0 Å². The van der Waals surface area contributed by atoms with Crippen molar-refractivity contribution in [2.24, 2.45) is 5.73 Å². The molecule has 0 heterocycles. The van der Waals surface area contributed by atoms with Gasteiger partial charge in [-0.1, -0.05) is 0 Å². The molecule has 0 unspecified atom stereocenters. The van der Waals surface area contributed by atoms with Gasteiger partial charge in [0.1, 0.15) is 0 Å². The van der Waals surface area contributed by atoms with Crippen LogP contribution in [0.2, 0.25) is 0 Å². The van der Waals surface area contributed by atoms with Gasteiger partial charge in [0.15, 0.2) is 0 Å². The normalized spacial score (nSPS) is 8.73. The monoisotopic (exact) mass is 160 g/mol. The van der Waals surface area contributed by atoms with Crippen LogP contribution in [0.3, 0.4) is 0 Å². The van der Waals surface area contributed by atoms with Crippen molar-refractivity contribution >= 4 is 17.9 Å². The van der Waals surface area contributed by atoms with Crippen LogP contribution in [0.4, 0.5) is 4.79 Å². The predicted octanol–water partition coefficient (Wildman–Crippen LogP) is -0.954. The van der Waals surface area contributed by atoms with Gasteiger partial charge in [0.05, 0.1) is 6.42 Å². The number of amides is 3. The zero-order valence-corrected chi connectivity index (χ0v) is 5.66. The fourth-order valence-corrected chi connectivity index (χ4v) is 0.420. The summed E-state index contributed by atoms with van der Waals surface area (Å²) in [5.41, 5.74) is 4.58. The largest absolute Gasteiger partial charge is 0.481 e. The summed E-state index contributed by atoms with van der Waals surface area (Å²) in [4.78, 5) is 30.4. The molecule has 0 fully saturated rings. The smallest absolute Gasteiger partial charge is 0.318 e. The predicted molar refractivity (Wildman–Crippen MR) is 34.6 cm³/mol. The Morgan fingerprint density at radius 3 is 2.18 bits per heavy atom. The van der Waals surface area contributed by atoms with Crippen molar-refractivity contribution in [2.45, 2.75) is 12.8 Å². The van der Waals surface area contributed by atoms with Gasteiger partial charge in [-0.15, -0.1) is 0 Å². The summed E-state index contributed by atoms with van der Waals surface area (Å²) in [5.74, 6) is -1.77. The number of carbonyl (C=O) groups excluding carboxylic acids is 2. The summed E-state index contributed by atoms with van der Waals surface area (Å²) in [5, 5.41) is 9.84. The average Bonchev–Trinajstić information content (AvgIpc) is 1.82. The highest BCUT2D eigenvalue weighted by Crippen LogP contribution is 1.87. The molecule has 0 aliphatic heterocycles. The van der Waals surface area contributed by atoms with Crippen LogP contribution in [0.15, 0.2) is 0 Å². The van der Waals surface area contributed by atoms with Crippen molar-refractivity contribution in [2.75, 3.05) is 0 Å². The molecule has 0 bridgehead atoms. The van der Waals surface area contributed by atoms with Crippen LogP contribution in [0.1, 0.15) is 12.8 Å². The van der Waals surface area contributed by atoms with Crippen molar-refractivity contribution in [3.05, 3.63) is 0 Å². The van der Waals surface area contributed by atoms with Crippen LogP contribution >= 0.6 is 0 Å². The summed E-state index contributed by atoms with van der Waals surface area (Å²) < 4.78 is 0. The summed E-state index contributed by atoms with van der Waals surface area (Å²) >= 11 is 0. The van der Waals surface area contributed by atoms with E-state index in [0.29, 0.717) is 0 Å². The van der Waals surface area contributed by atoms with Crippen LogP contribution in [0.5, 0.6) is 0 Å². The third-order valence-electron chi connectivity index (χ3n) is 0.829. The maximum Gasteiger partial charge on any atom is 0.318 e. The van der Waals surface area contributed by atoms with Gasteiger partial charge in [-0.25, -0.2) is 4.79 Å². The van der Waals surface area contributed by atoms with E-state index >= 15 is 0 Å². The Kier molecular flexibility index (Phi) is 3.65. The van der Waals surface area contributed by atoms with Gasteiger partial charge in [0.2, 0.25) is 5.91 Å². The number of nitrogens with one attached hydrogen (secondary N) is 1. The Hall–Kier alpha value is -1.59. The van der Waals surface area contributed by atoms with E-state index in [1.54, 1.807) is 5.32 Å². The topological polar surface area (TPSA) is 109 Å². The molecule has 0 atom stereocenters. The number of primary amides is 1. The van der Waals surface area contributed by atoms with Crippen molar-refractivity contribution in [3.63, 3.8) is 0 Å². The first-order valence-corrected chi connectivity index (χ1v) is 2.83. The van der Waals surface area contributed by atoms with E-state index in [4.69, 9.17) is 5.11 Å². The first-order valence-electron chi connectivity index (χ1n) is 2.83. The Bertz CT molecular complexity index is 189. The molecule has 0 aliphatic rings. The van der Waals surface area contributed by atoms with E-state index in [0.717, 1.165) is 0 Å². The van der Waals surface area contributed by atoms with Crippen LogP contribution in [0, 0.1) is 0 Å². The number of carbonyl (C=O) groups is 3. The van der Waals surface area contributed by atoms with Crippen molar-refractivity contribution in [1.82, 2.24) is 5.32 Å². The molecule has 62 valence electrons. The average molecular weight is 160 g/mol. The molecule has 0 saturated carbocycles. The number of carboxylic acids is 1. The van der Waals surface area contributed by atoms with E-state index in [-0.39, 0.29) is 12.8 Å². The Balaban J connectivity index is 3.53. The highest BCUT2D eigenvalue weighted by atomic mass is 16.4. The SMILES string of the molecule is NC(=O)NC(=O)CCC(=O)O. The third kappa shape index (κ3) is 6.29. The van der Waals surface area contributed by atoms with Crippen molar-refractivity contribution in [1.29, 1.82) is 0 Å². The van der Waals surface area contributed by atoms with Crippen molar-refractivity contribution in [3.8, 4) is 0 Å². The lowest BCUT2D eigenvalue weighted by molar-refractivity contribution is -0.138. The molecule has 6 heteroatoms. The molecule has 3 amide bonds. The minimum atomic E-state index is -1.09. The van der Waals surface area contributed by atoms with Crippen LogP contribution in [-0.4, -0.2) is 23.0 Å². The molecule has 0 aliphatic carbocycles. The highest BCUT2D eigenvalue weighted by Gasteiger charge is 2.05. The standard InChI is InChI=1S/C5H8N2O4/c6-5(11)7-3(8)1-2-4(9)10/h1-2H2,(H,9,10)(H3,6,7,8,11). The number of aliphatic carboxylic acids is 1. The van der Waals surface area contributed by atoms with E-state index in [9.17, 15) is 14.4 Å². The number of urea groups is 1. The molecule has 11 heavy (non-hydrogen) atoms. The zero-order chi connectivity index (χ0) is 8.85. The number of rotatable bonds is 3. The fourth-order valence-electron chi connectivity index (χ4n) is 0.420. The zero-order valence-electron chi connectivity index (χ0n) is 5.66. The molecule has 0 saturated heterocycles. The Morgan fingerprint density at radius 2 is 1.82 bits per heavy atom. The number of carboxylic acid groups (broad SMARTS) is 1. The number of hydrogen-bond donors (Lipinski definition) is 3. The van der Waals surface area contributed by atoms with Crippen LogP contribution in [-0.2, 0) is 9.59 Å². The van der Waals surface area contributed by atoms with Gasteiger partial charge in [-0.05, 0) is 0 Å². The summed E-state index contributed by atoms with van der Waals surface area (Å²) in [6.07, 6.45) is -0.544. The van der Waals surface area contributed by atoms with E-state index in [2.05, 4.69) is 5.73 Å². The minimum Gasteiger partial charge on any atom is -0.481 e. The fraction of sp³-hybridized carbons (Fsp3) is 0.400. The Morgan fingerprint density at radius 1 is 1.27 bits per heavy atom. The van der Waals surface area contributed by atoms with Crippen LogP contribution < -0.4 is 11.1 Å². The molecule has 0 spiro atoms. The number of imide groups is 1. The second-order valence-electron chi connectivity index (χ2n) is 1.81. The lowest BCUT2D eigenvalue weighted by atomic mass is 10.3. The molecule has 6 nitrogen and oxygen atoms in total. The molecular formula is C5H8N2O4. The molecule has 0 aromatic heterocycles. The van der Waals surface area contributed by atoms with Gasteiger partial charge in [0, 0.05) is 6.42 Å². The molecule has 0 radical (unpaired) electrons. The maximum absolute atomic E-state index is 10.5. The van der Waals surface area contributed by atoms with Crippen LogP contribution in [0.25, 0.3) is 0 Å². The summed E-state index contributed by atoms with van der Waals surface area (Å²) in [6.45, 7) is 0. The lowest BCUT2D eigenvalue weighted by Crippen LogP contribution is -2.35. The third-order valence-corrected chi connectivity index (χ3v) is 0.829. The van der Waals surface area contributed by atoms with E-state index in [1.807, 2.05) is 0 Å². The molecule has 0 aromatic carbocycles. The van der Waals surface area contributed by atoms with Gasteiger partial charge in [0.25, 0.3) is 0 Å². The minimum absolute atomic E-state index is 0.238. The Labute approximate surface area is 62.4 Å². The summed E-state index contributed by atoms with van der Waals surface area (Å²) in [7, 11) is 0. The summed E-state index contributed by atoms with van der Waals surface area (Å²) in [6, 6.07) is -0.972. The molecule has 0 rings (SSSR count). The second-order valence-corrected chi connectivity index (χ2v) is 1.81. The first-order chi connectivity index (χ1) is 5.02. The van der Waals surface area contributed by atoms with E-state index < -0.39 is 17.9 Å². The highest BCUT2D eigenvalue weighted by molar-refractivity contribution is 5.94. The van der Waals surface area contributed by atoms with Gasteiger partial charge in [-0.2, -0.15) is 0 Å². The number of hydrogen-bond acceptors (Lipinski definition) is 3. The second kappa shape index (κ2) is 4.26. The van der Waals surface area contributed by atoms with Crippen molar-refractivity contribution < 1.29 is 19.5 Å². The van der Waals surface area contributed by atoms with Gasteiger partial charge >= 0.3 is 12.0 Å². The first kappa shape index (κ1) is 9.41. The number of nitrogens with two attached hydrogens (primary N) is 1. The molecule has 0 aromatic rings. The maximum atomic E-state index is 10.5. The lowest BCUT2D eigenvalue weighted by Gasteiger charge is -1.96. The van der Waals surface area contributed by atoms with Gasteiger partial charge in [-0.3, -0.25) is 14.9 Å². The quantitative estimate of drug-likeness (QED) is 0.494.